The summed E-state index contributed by atoms with van der Waals surface area (Å²) in [7, 11) is 0. The van der Waals surface area contributed by atoms with Crippen LogP contribution in [0.1, 0.15) is 19.0 Å². The molecule has 0 aliphatic heterocycles. The standard InChI is InChI=1S/C11H15N3/c1-8-3-5-10(6-4-8)14-11(12)7-9(2)13-14/h3,5-8H,4,12H2,1-2H3. The summed E-state index contributed by atoms with van der Waals surface area (Å²) in [5, 5.41) is 4.33. The van der Waals surface area contributed by atoms with Crippen LogP contribution in [0.3, 0.4) is 0 Å². The topological polar surface area (TPSA) is 43.8 Å². The summed E-state index contributed by atoms with van der Waals surface area (Å²) in [6.45, 7) is 4.14. The van der Waals surface area contributed by atoms with Gasteiger partial charge in [-0.1, -0.05) is 19.1 Å². The van der Waals surface area contributed by atoms with Crippen LogP contribution < -0.4 is 5.73 Å². The number of hydrogen-bond donors (Lipinski definition) is 1. The summed E-state index contributed by atoms with van der Waals surface area (Å²) in [5.41, 5.74) is 7.86. The molecule has 1 atom stereocenters. The Morgan fingerprint density at radius 1 is 1.57 bits per heavy atom. The van der Waals surface area contributed by atoms with Gasteiger partial charge in [-0.2, -0.15) is 5.10 Å². The molecule has 0 aromatic carbocycles. The van der Waals surface area contributed by atoms with Crippen LogP contribution in [-0.4, -0.2) is 9.78 Å². The minimum atomic E-state index is 0.622. The molecule has 0 saturated heterocycles. The fourth-order valence-corrected chi connectivity index (χ4v) is 1.60. The normalized spacial score (nSPS) is 21.0. The third-order valence-corrected chi connectivity index (χ3v) is 2.40. The van der Waals surface area contributed by atoms with E-state index in [4.69, 9.17) is 5.73 Å². The molecule has 2 rings (SSSR count). The number of hydrogen-bond acceptors (Lipinski definition) is 2. The molecule has 0 fully saturated rings. The molecule has 2 N–H and O–H groups in total. The Morgan fingerprint density at radius 3 is 2.86 bits per heavy atom. The van der Waals surface area contributed by atoms with Gasteiger partial charge in [-0.25, -0.2) is 4.68 Å². The summed E-state index contributed by atoms with van der Waals surface area (Å²) in [6, 6.07) is 1.88. The van der Waals surface area contributed by atoms with Gasteiger partial charge < -0.3 is 5.73 Å². The van der Waals surface area contributed by atoms with Crippen molar-refractivity contribution in [1.82, 2.24) is 9.78 Å². The Kier molecular flexibility index (Phi) is 2.15. The van der Waals surface area contributed by atoms with Crippen molar-refractivity contribution in [3.05, 3.63) is 30.0 Å². The van der Waals surface area contributed by atoms with Crippen molar-refractivity contribution < 1.29 is 0 Å². The molecule has 0 radical (unpaired) electrons. The summed E-state index contributed by atoms with van der Waals surface area (Å²) in [6.07, 6.45) is 7.50. The Balaban J connectivity index is 2.33. The quantitative estimate of drug-likeness (QED) is 0.736. The fourth-order valence-electron chi connectivity index (χ4n) is 1.60. The molecule has 1 aliphatic rings. The highest BCUT2D eigenvalue weighted by Crippen LogP contribution is 2.21. The first-order chi connectivity index (χ1) is 6.66. The van der Waals surface area contributed by atoms with Crippen LogP contribution in [0.15, 0.2) is 24.3 Å². The summed E-state index contributed by atoms with van der Waals surface area (Å²) >= 11 is 0. The number of nitrogens with two attached hydrogens (primary N) is 1. The van der Waals surface area contributed by atoms with Crippen LogP contribution in [0.2, 0.25) is 0 Å². The zero-order chi connectivity index (χ0) is 10.1. The van der Waals surface area contributed by atoms with Crippen molar-refractivity contribution in [3.8, 4) is 0 Å². The van der Waals surface area contributed by atoms with Gasteiger partial charge in [0.1, 0.15) is 5.82 Å². The highest BCUT2D eigenvalue weighted by molar-refractivity contribution is 5.62. The first-order valence-corrected chi connectivity index (χ1v) is 4.87. The molecular formula is C11H15N3. The Hall–Kier alpha value is -1.51. The number of nitrogen functional groups attached to an aromatic ring is 1. The van der Waals surface area contributed by atoms with Gasteiger partial charge in [-0.05, 0) is 25.3 Å². The van der Waals surface area contributed by atoms with Gasteiger partial charge in [0.15, 0.2) is 0 Å². The molecule has 3 nitrogen and oxygen atoms in total. The van der Waals surface area contributed by atoms with E-state index in [1.165, 1.54) is 0 Å². The monoisotopic (exact) mass is 189 g/mol. The molecule has 1 aromatic heterocycles. The lowest BCUT2D eigenvalue weighted by Crippen LogP contribution is -2.05. The van der Waals surface area contributed by atoms with E-state index in [1.54, 1.807) is 4.68 Å². The summed E-state index contributed by atoms with van der Waals surface area (Å²) in [5.74, 6) is 1.32. The van der Waals surface area contributed by atoms with Gasteiger partial charge in [0.25, 0.3) is 0 Å². The Morgan fingerprint density at radius 2 is 2.36 bits per heavy atom. The highest BCUT2D eigenvalue weighted by Gasteiger charge is 2.08. The van der Waals surface area contributed by atoms with Crippen LogP contribution in [0.5, 0.6) is 0 Å². The number of rotatable bonds is 1. The average Bonchev–Trinajstić information content (AvgIpc) is 2.47. The second-order valence-corrected chi connectivity index (χ2v) is 3.82. The first kappa shape index (κ1) is 9.06. The van der Waals surface area contributed by atoms with Gasteiger partial charge >= 0.3 is 0 Å². The van der Waals surface area contributed by atoms with E-state index in [2.05, 4.69) is 30.3 Å². The van der Waals surface area contributed by atoms with Gasteiger partial charge in [0.05, 0.1) is 11.4 Å². The van der Waals surface area contributed by atoms with Crippen molar-refractivity contribution in [3.63, 3.8) is 0 Å². The first-order valence-electron chi connectivity index (χ1n) is 4.87. The third-order valence-electron chi connectivity index (χ3n) is 2.40. The van der Waals surface area contributed by atoms with Crippen LogP contribution in [-0.2, 0) is 0 Å². The van der Waals surface area contributed by atoms with Gasteiger partial charge in [0.2, 0.25) is 0 Å². The molecule has 0 bridgehead atoms. The van der Waals surface area contributed by atoms with Crippen LogP contribution >= 0.6 is 0 Å². The predicted molar refractivity (Wildman–Crippen MR) is 58.6 cm³/mol. The number of aromatic nitrogens is 2. The smallest absolute Gasteiger partial charge is 0.127 e. The molecule has 1 unspecified atom stereocenters. The lowest BCUT2D eigenvalue weighted by molar-refractivity contribution is 0.729. The maximum atomic E-state index is 5.83. The Bertz CT molecular complexity index is 399. The highest BCUT2D eigenvalue weighted by atomic mass is 15.3. The molecule has 0 saturated carbocycles. The molecule has 1 aromatic rings. The second-order valence-electron chi connectivity index (χ2n) is 3.82. The lowest BCUT2D eigenvalue weighted by atomic mass is 10.0. The van der Waals surface area contributed by atoms with Gasteiger partial charge in [-0.15, -0.1) is 0 Å². The average molecular weight is 189 g/mol. The molecule has 0 amide bonds. The number of allylic oxidation sites excluding steroid dienone is 4. The fraction of sp³-hybridized carbons (Fsp3) is 0.364. The molecule has 1 aliphatic carbocycles. The second kappa shape index (κ2) is 3.33. The zero-order valence-corrected chi connectivity index (χ0v) is 8.57. The van der Waals surface area contributed by atoms with E-state index in [9.17, 15) is 0 Å². The number of anilines is 1. The van der Waals surface area contributed by atoms with Crippen LogP contribution in [0.25, 0.3) is 5.70 Å². The third kappa shape index (κ3) is 1.58. The van der Waals surface area contributed by atoms with Crippen LogP contribution in [0, 0.1) is 12.8 Å². The SMILES string of the molecule is Cc1cc(N)n(C2=CCC(C)C=C2)n1. The van der Waals surface area contributed by atoms with Gasteiger partial charge in [-0.3, -0.25) is 0 Å². The maximum absolute atomic E-state index is 5.83. The molecule has 74 valence electrons. The largest absolute Gasteiger partial charge is 0.384 e. The molecular weight excluding hydrogens is 174 g/mol. The van der Waals surface area contributed by atoms with Crippen molar-refractivity contribution >= 4 is 11.5 Å². The molecule has 3 heteroatoms. The van der Waals surface area contributed by atoms with E-state index >= 15 is 0 Å². The number of nitrogens with zero attached hydrogens (tertiary/aromatic N) is 2. The molecule has 14 heavy (non-hydrogen) atoms. The summed E-state index contributed by atoms with van der Waals surface area (Å²) in [4.78, 5) is 0. The lowest BCUT2D eigenvalue weighted by Gasteiger charge is -2.12. The Labute approximate surface area is 83.9 Å². The predicted octanol–water partition coefficient (Wildman–Crippen LogP) is 2.21. The zero-order valence-electron chi connectivity index (χ0n) is 8.57. The molecule has 1 heterocycles. The van der Waals surface area contributed by atoms with E-state index in [1.807, 2.05) is 13.0 Å². The van der Waals surface area contributed by atoms with E-state index < -0.39 is 0 Å². The van der Waals surface area contributed by atoms with Crippen molar-refractivity contribution in [2.24, 2.45) is 5.92 Å². The van der Waals surface area contributed by atoms with Crippen molar-refractivity contribution in [2.45, 2.75) is 20.3 Å². The van der Waals surface area contributed by atoms with E-state index in [-0.39, 0.29) is 0 Å². The minimum Gasteiger partial charge on any atom is -0.384 e. The maximum Gasteiger partial charge on any atom is 0.127 e. The minimum absolute atomic E-state index is 0.622. The van der Waals surface area contributed by atoms with E-state index in [0.29, 0.717) is 11.7 Å². The molecule has 0 spiro atoms. The van der Waals surface area contributed by atoms with Crippen molar-refractivity contribution in [2.75, 3.05) is 5.73 Å². The van der Waals surface area contributed by atoms with Crippen molar-refractivity contribution in [1.29, 1.82) is 0 Å². The summed E-state index contributed by atoms with van der Waals surface area (Å²) < 4.78 is 1.79. The van der Waals surface area contributed by atoms with Gasteiger partial charge in [0, 0.05) is 6.07 Å². The van der Waals surface area contributed by atoms with E-state index in [0.717, 1.165) is 17.8 Å². The van der Waals surface area contributed by atoms with Crippen LogP contribution in [0.4, 0.5) is 5.82 Å². The number of aryl methyl sites for hydroxylation is 1.